The predicted molar refractivity (Wildman–Crippen MR) is 94.1 cm³/mol. The topological polar surface area (TPSA) is 81.9 Å². The molecule has 0 radical (unpaired) electrons. The molecule has 0 bridgehead atoms. The fraction of sp³-hybridized carbons (Fsp3) is 0.176. The molecule has 128 valence electrons. The Hall–Kier alpha value is -2.93. The Balaban J connectivity index is 1.70. The molecule has 0 fully saturated rings. The number of carbonyl (C=O) groups excluding carboxylic acids is 1. The van der Waals surface area contributed by atoms with Gasteiger partial charge in [-0.2, -0.15) is 4.68 Å². The average Bonchev–Trinajstić information content (AvgIpc) is 3.10. The van der Waals surface area contributed by atoms with Crippen molar-refractivity contribution in [2.45, 2.75) is 13.3 Å². The molecule has 1 amide bonds. The third-order valence-corrected chi connectivity index (χ3v) is 3.69. The molecule has 3 aromatic rings. The number of nitrogens with zero attached hydrogens (tertiary/aromatic N) is 4. The Labute approximate surface area is 149 Å². The van der Waals surface area contributed by atoms with E-state index in [1.165, 1.54) is 0 Å². The summed E-state index contributed by atoms with van der Waals surface area (Å²) in [5.74, 6) is 0.995. The Morgan fingerprint density at radius 2 is 1.96 bits per heavy atom. The van der Waals surface area contributed by atoms with Crippen LogP contribution in [0.4, 0.5) is 5.69 Å². The maximum Gasteiger partial charge on any atom is 0.262 e. The highest BCUT2D eigenvalue weighted by Gasteiger charge is 2.13. The summed E-state index contributed by atoms with van der Waals surface area (Å²) in [5.41, 5.74) is 1.30. The number of tetrazole rings is 1. The minimum absolute atomic E-state index is 0.119. The number of rotatable bonds is 6. The minimum atomic E-state index is -0.284. The largest absolute Gasteiger partial charge is 0.484 e. The van der Waals surface area contributed by atoms with Crippen LogP contribution in [-0.2, 0) is 11.2 Å². The highest BCUT2D eigenvalue weighted by atomic mass is 35.5. The molecule has 1 N–H and O–H groups in total. The van der Waals surface area contributed by atoms with E-state index in [1.807, 2.05) is 25.1 Å². The van der Waals surface area contributed by atoms with Gasteiger partial charge >= 0.3 is 0 Å². The molecule has 0 aliphatic carbocycles. The summed E-state index contributed by atoms with van der Waals surface area (Å²) < 4.78 is 7.06. The van der Waals surface area contributed by atoms with E-state index in [2.05, 4.69) is 20.8 Å². The van der Waals surface area contributed by atoms with E-state index in [4.69, 9.17) is 16.3 Å². The van der Waals surface area contributed by atoms with E-state index in [0.717, 1.165) is 0 Å². The molecule has 0 atom stereocenters. The van der Waals surface area contributed by atoms with Gasteiger partial charge in [0.15, 0.2) is 12.4 Å². The number of hydrogen-bond donors (Lipinski definition) is 1. The van der Waals surface area contributed by atoms with Crippen LogP contribution in [-0.4, -0.2) is 32.7 Å². The van der Waals surface area contributed by atoms with Gasteiger partial charge in [0.1, 0.15) is 5.75 Å². The smallest absolute Gasteiger partial charge is 0.262 e. The molecule has 7 nitrogen and oxygen atoms in total. The van der Waals surface area contributed by atoms with Gasteiger partial charge in [0.05, 0.1) is 11.4 Å². The number of benzene rings is 2. The number of carbonyl (C=O) groups is 1. The first-order valence-electron chi connectivity index (χ1n) is 7.72. The molecular weight excluding hydrogens is 342 g/mol. The number of para-hydroxylation sites is 2. The van der Waals surface area contributed by atoms with Gasteiger partial charge < -0.3 is 10.1 Å². The molecule has 8 heteroatoms. The van der Waals surface area contributed by atoms with Gasteiger partial charge in [-0.1, -0.05) is 30.7 Å². The van der Waals surface area contributed by atoms with E-state index in [-0.39, 0.29) is 12.5 Å². The lowest BCUT2D eigenvalue weighted by atomic mass is 10.2. The van der Waals surface area contributed by atoms with E-state index in [0.29, 0.717) is 34.4 Å². The maximum absolute atomic E-state index is 12.2. The van der Waals surface area contributed by atoms with Crippen LogP contribution in [0.15, 0.2) is 48.5 Å². The number of halogens is 1. The second-order valence-corrected chi connectivity index (χ2v) is 5.60. The van der Waals surface area contributed by atoms with Gasteiger partial charge in [0, 0.05) is 11.4 Å². The second-order valence-electron chi connectivity index (χ2n) is 5.17. The third-order valence-electron chi connectivity index (χ3n) is 3.44. The van der Waals surface area contributed by atoms with Gasteiger partial charge in [-0.05, 0) is 46.8 Å². The molecule has 25 heavy (non-hydrogen) atoms. The number of hydrogen-bond acceptors (Lipinski definition) is 5. The molecule has 2 aromatic carbocycles. The maximum atomic E-state index is 12.2. The fourth-order valence-electron chi connectivity index (χ4n) is 2.24. The van der Waals surface area contributed by atoms with Gasteiger partial charge in [-0.25, -0.2) is 0 Å². The van der Waals surface area contributed by atoms with Crippen LogP contribution in [0.5, 0.6) is 5.75 Å². The summed E-state index contributed by atoms with van der Waals surface area (Å²) in [6, 6.07) is 14.1. The van der Waals surface area contributed by atoms with Crippen molar-refractivity contribution in [1.29, 1.82) is 0 Å². The van der Waals surface area contributed by atoms with Crippen molar-refractivity contribution in [3.8, 4) is 11.4 Å². The number of aryl methyl sites for hydroxylation is 1. The van der Waals surface area contributed by atoms with Crippen LogP contribution in [0.3, 0.4) is 0 Å². The van der Waals surface area contributed by atoms with E-state index < -0.39 is 0 Å². The minimum Gasteiger partial charge on any atom is -0.484 e. The monoisotopic (exact) mass is 357 g/mol. The molecule has 0 spiro atoms. The van der Waals surface area contributed by atoms with E-state index in [1.54, 1.807) is 35.0 Å². The molecule has 0 unspecified atom stereocenters. The van der Waals surface area contributed by atoms with Crippen molar-refractivity contribution < 1.29 is 9.53 Å². The highest BCUT2D eigenvalue weighted by molar-refractivity contribution is 6.30. The molecule has 0 saturated carbocycles. The van der Waals surface area contributed by atoms with E-state index in [9.17, 15) is 4.79 Å². The first kappa shape index (κ1) is 16.9. The van der Waals surface area contributed by atoms with Gasteiger partial charge in [-0.3, -0.25) is 4.79 Å². The molecular formula is C17H16ClN5O2. The normalized spacial score (nSPS) is 10.5. The predicted octanol–water partition coefficient (Wildman–Crippen LogP) is 2.90. The Bertz CT molecular complexity index is 863. The zero-order valence-corrected chi connectivity index (χ0v) is 14.3. The summed E-state index contributed by atoms with van der Waals surface area (Å²) in [6.45, 7) is 1.84. The lowest BCUT2D eigenvalue weighted by molar-refractivity contribution is -0.118. The van der Waals surface area contributed by atoms with Crippen LogP contribution in [0.1, 0.15) is 12.7 Å². The van der Waals surface area contributed by atoms with Crippen molar-refractivity contribution >= 4 is 23.2 Å². The zero-order valence-electron chi connectivity index (χ0n) is 13.5. The first-order valence-corrected chi connectivity index (χ1v) is 8.10. The summed E-state index contributed by atoms with van der Waals surface area (Å²) in [7, 11) is 0. The molecule has 3 rings (SSSR count). The number of aromatic nitrogens is 4. The van der Waals surface area contributed by atoms with Gasteiger partial charge in [-0.15, -0.1) is 5.10 Å². The Kier molecular flexibility index (Phi) is 5.25. The molecule has 0 saturated heterocycles. The summed E-state index contributed by atoms with van der Waals surface area (Å²) in [6.07, 6.45) is 0.676. The van der Waals surface area contributed by atoms with Crippen molar-refractivity contribution in [3.63, 3.8) is 0 Å². The van der Waals surface area contributed by atoms with Gasteiger partial charge in [0.2, 0.25) is 0 Å². The number of amides is 1. The Morgan fingerprint density at radius 1 is 1.20 bits per heavy atom. The quantitative estimate of drug-likeness (QED) is 0.733. The molecule has 0 aliphatic heterocycles. The highest BCUT2D eigenvalue weighted by Crippen LogP contribution is 2.20. The van der Waals surface area contributed by atoms with Crippen LogP contribution >= 0.6 is 11.6 Å². The standard InChI is InChI=1S/C17H16ClN5O2/c1-2-16-20-21-22-23(16)15-6-4-3-5-14(15)19-17(24)11-25-13-9-7-12(18)8-10-13/h3-10H,2,11H2,1H3,(H,19,24). The first-order chi connectivity index (χ1) is 12.2. The second kappa shape index (κ2) is 7.76. The summed E-state index contributed by atoms with van der Waals surface area (Å²) in [5, 5.41) is 15.1. The molecule has 1 aromatic heterocycles. The SMILES string of the molecule is CCc1nnnn1-c1ccccc1NC(=O)COc1ccc(Cl)cc1. The molecule has 0 aliphatic rings. The van der Waals surface area contributed by atoms with Gasteiger partial charge in [0.25, 0.3) is 5.91 Å². The van der Waals surface area contributed by atoms with Crippen molar-refractivity contribution in [2.24, 2.45) is 0 Å². The van der Waals surface area contributed by atoms with Crippen molar-refractivity contribution in [3.05, 3.63) is 59.4 Å². The number of nitrogens with one attached hydrogen (secondary N) is 1. The number of anilines is 1. The lowest BCUT2D eigenvalue weighted by Crippen LogP contribution is -2.21. The average molecular weight is 358 g/mol. The summed E-state index contributed by atoms with van der Waals surface area (Å²) >= 11 is 5.82. The third kappa shape index (κ3) is 4.13. The number of ether oxygens (including phenoxy) is 1. The van der Waals surface area contributed by atoms with Crippen molar-refractivity contribution in [2.75, 3.05) is 11.9 Å². The van der Waals surface area contributed by atoms with Crippen LogP contribution in [0.2, 0.25) is 5.02 Å². The van der Waals surface area contributed by atoms with Crippen LogP contribution in [0.25, 0.3) is 5.69 Å². The summed E-state index contributed by atoms with van der Waals surface area (Å²) in [4.78, 5) is 12.2. The Morgan fingerprint density at radius 3 is 2.72 bits per heavy atom. The van der Waals surface area contributed by atoms with Crippen molar-refractivity contribution in [1.82, 2.24) is 20.2 Å². The van der Waals surface area contributed by atoms with Crippen LogP contribution in [0, 0.1) is 0 Å². The van der Waals surface area contributed by atoms with Crippen LogP contribution < -0.4 is 10.1 Å². The van der Waals surface area contributed by atoms with E-state index >= 15 is 0 Å². The lowest BCUT2D eigenvalue weighted by Gasteiger charge is -2.12. The zero-order chi connectivity index (χ0) is 17.6. The molecule has 1 heterocycles. The fourth-order valence-corrected chi connectivity index (χ4v) is 2.37.